The molecule has 0 saturated heterocycles. The van der Waals surface area contributed by atoms with E-state index >= 15 is 0 Å². The molecule has 0 heterocycles. The molecule has 1 aliphatic carbocycles. The lowest BCUT2D eigenvalue weighted by Gasteiger charge is -1.82. The average molecular weight is 260 g/mol. The Morgan fingerprint density at radius 1 is 0.550 bits per heavy atom. The SMILES string of the molecule is C=C/C=C/C=C/C=C/C=C/C=C/C=C/C=C1C=CC=C1. The minimum Gasteiger partial charge on any atom is -0.0991 e. The van der Waals surface area contributed by atoms with Crippen molar-refractivity contribution in [1.29, 1.82) is 0 Å². The maximum Gasteiger partial charge on any atom is -0.0257 e. The van der Waals surface area contributed by atoms with E-state index in [0.29, 0.717) is 0 Å². The lowest BCUT2D eigenvalue weighted by molar-refractivity contribution is 1.74. The van der Waals surface area contributed by atoms with Gasteiger partial charge in [-0.2, -0.15) is 0 Å². The summed E-state index contributed by atoms with van der Waals surface area (Å²) in [5.41, 5.74) is 1.23. The van der Waals surface area contributed by atoms with E-state index in [2.05, 4.69) is 24.8 Å². The first-order valence-electron chi connectivity index (χ1n) is 6.61. The summed E-state index contributed by atoms with van der Waals surface area (Å²) in [5.74, 6) is 0. The van der Waals surface area contributed by atoms with E-state index in [0.717, 1.165) is 0 Å². The highest BCUT2D eigenvalue weighted by molar-refractivity contribution is 5.42. The number of hydrogen-bond acceptors (Lipinski definition) is 0. The van der Waals surface area contributed by atoms with Crippen molar-refractivity contribution in [2.24, 2.45) is 0 Å². The van der Waals surface area contributed by atoms with Crippen molar-refractivity contribution in [3.8, 4) is 0 Å². The summed E-state index contributed by atoms with van der Waals surface area (Å²) in [6.07, 6.45) is 35.8. The van der Waals surface area contributed by atoms with Crippen molar-refractivity contribution in [2.45, 2.75) is 0 Å². The lowest BCUT2D eigenvalue weighted by atomic mass is 10.2. The van der Waals surface area contributed by atoms with Crippen molar-refractivity contribution < 1.29 is 0 Å². The summed E-state index contributed by atoms with van der Waals surface area (Å²) in [7, 11) is 0. The van der Waals surface area contributed by atoms with Gasteiger partial charge in [0.05, 0.1) is 0 Å². The molecule has 0 aromatic rings. The van der Waals surface area contributed by atoms with Crippen molar-refractivity contribution in [2.75, 3.05) is 0 Å². The van der Waals surface area contributed by atoms with Crippen LogP contribution >= 0.6 is 0 Å². The molecule has 0 radical (unpaired) electrons. The molecular weight excluding hydrogens is 240 g/mol. The van der Waals surface area contributed by atoms with Crippen molar-refractivity contribution in [3.05, 3.63) is 122 Å². The quantitative estimate of drug-likeness (QED) is 0.525. The van der Waals surface area contributed by atoms with E-state index in [9.17, 15) is 0 Å². The Morgan fingerprint density at radius 2 is 0.950 bits per heavy atom. The van der Waals surface area contributed by atoms with Gasteiger partial charge in [-0.15, -0.1) is 0 Å². The first kappa shape index (κ1) is 15.5. The molecule has 0 heteroatoms. The smallest absolute Gasteiger partial charge is 0.0257 e. The van der Waals surface area contributed by atoms with E-state index in [1.54, 1.807) is 6.08 Å². The zero-order chi connectivity index (χ0) is 14.3. The first-order chi connectivity index (χ1) is 9.93. The fourth-order valence-electron chi connectivity index (χ4n) is 1.39. The van der Waals surface area contributed by atoms with E-state index in [-0.39, 0.29) is 0 Å². The van der Waals surface area contributed by atoms with Crippen LogP contribution in [0.3, 0.4) is 0 Å². The van der Waals surface area contributed by atoms with Gasteiger partial charge in [0, 0.05) is 0 Å². The van der Waals surface area contributed by atoms with Crippen LogP contribution in [0.1, 0.15) is 0 Å². The maximum atomic E-state index is 3.60. The van der Waals surface area contributed by atoms with Gasteiger partial charge in [-0.3, -0.25) is 0 Å². The first-order valence-corrected chi connectivity index (χ1v) is 6.61. The van der Waals surface area contributed by atoms with Gasteiger partial charge in [0.2, 0.25) is 0 Å². The molecule has 1 rings (SSSR count). The second-order valence-corrected chi connectivity index (χ2v) is 3.93. The maximum absolute atomic E-state index is 3.60. The predicted octanol–water partition coefficient (Wildman–Crippen LogP) is 5.56. The third-order valence-electron chi connectivity index (χ3n) is 2.34. The van der Waals surface area contributed by atoms with Crippen LogP contribution in [0.15, 0.2) is 122 Å². The van der Waals surface area contributed by atoms with Crippen LogP contribution in [0.4, 0.5) is 0 Å². The Bertz CT molecular complexity index is 525. The second-order valence-electron chi connectivity index (χ2n) is 3.93. The minimum atomic E-state index is 1.23. The van der Waals surface area contributed by atoms with Gasteiger partial charge >= 0.3 is 0 Å². The minimum absolute atomic E-state index is 1.23. The molecule has 0 spiro atoms. The Balaban J connectivity index is 2.21. The van der Waals surface area contributed by atoms with Gasteiger partial charge in [-0.1, -0.05) is 116 Å². The summed E-state index contributed by atoms with van der Waals surface area (Å²) >= 11 is 0. The number of hydrogen-bond donors (Lipinski definition) is 0. The van der Waals surface area contributed by atoms with Crippen LogP contribution < -0.4 is 0 Å². The van der Waals surface area contributed by atoms with Crippen LogP contribution in [0.2, 0.25) is 0 Å². The summed E-state index contributed by atoms with van der Waals surface area (Å²) in [5, 5.41) is 0. The van der Waals surface area contributed by atoms with Gasteiger partial charge in [0.15, 0.2) is 0 Å². The van der Waals surface area contributed by atoms with Crippen molar-refractivity contribution in [1.82, 2.24) is 0 Å². The topological polar surface area (TPSA) is 0 Å². The molecule has 100 valence electrons. The average Bonchev–Trinajstić information content (AvgIpc) is 2.97. The monoisotopic (exact) mass is 260 g/mol. The molecule has 0 amide bonds. The molecule has 20 heavy (non-hydrogen) atoms. The van der Waals surface area contributed by atoms with E-state index in [1.807, 2.05) is 85.1 Å². The summed E-state index contributed by atoms with van der Waals surface area (Å²) in [6.45, 7) is 3.60. The van der Waals surface area contributed by atoms with Crippen molar-refractivity contribution in [3.63, 3.8) is 0 Å². The van der Waals surface area contributed by atoms with E-state index in [1.165, 1.54) is 5.57 Å². The largest absolute Gasteiger partial charge is 0.0991 e. The van der Waals surface area contributed by atoms with Crippen LogP contribution in [0.5, 0.6) is 0 Å². The molecule has 0 atom stereocenters. The molecule has 0 aliphatic heterocycles. The van der Waals surface area contributed by atoms with Crippen LogP contribution in [-0.4, -0.2) is 0 Å². The Morgan fingerprint density at radius 3 is 1.40 bits per heavy atom. The van der Waals surface area contributed by atoms with Gasteiger partial charge in [0.1, 0.15) is 0 Å². The standard InChI is InChI=1S/C20H20/c1-2-3-4-5-6-7-8-9-10-11-12-13-14-17-20-18-15-16-19-20/h2-19H,1H2/b4-3+,6-5+,8-7+,10-9+,12-11+,14-13+. The number of allylic oxidation sites excluding steroid dienone is 19. The van der Waals surface area contributed by atoms with Crippen LogP contribution in [0, 0.1) is 0 Å². The molecule has 0 nitrogen and oxygen atoms in total. The normalized spacial score (nSPS) is 15.5. The third-order valence-corrected chi connectivity index (χ3v) is 2.34. The van der Waals surface area contributed by atoms with E-state index in [4.69, 9.17) is 0 Å². The molecule has 0 N–H and O–H groups in total. The van der Waals surface area contributed by atoms with Gasteiger partial charge < -0.3 is 0 Å². The molecule has 0 saturated carbocycles. The van der Waals surface area contributed by atoms with Crippen LogP contribution in [-0.2, 0) is 0 Å². The zero-order valence-electron chi connectivity index (χ0n) is 11.6. The van der Waals surface area contributed by atoms with Gasteiger partial charge in [-0.25, -0.2) is 0 Å². The highest BCUT2D eigenvalue weighted by Gasteiger charge is 1.86. The molecule has 0 bridgehead atoms. The highest BCUT2D eigenvalue weighted by Crippen LogP contribution is 2.06. The zero-order valence-corrected chi connectivity index (χ0v) is 11.6. The molecule has 0 aromatic carbocycles. The highest BCUT2D eigenvalue weighted by atomic mass is 13.9. The fourth-order valence-corrected chi connectivity index (χ4v) is 1.39. The summed E-state index contributed by atoms with van der Waals surface area (Å²) in [6, 6.07) is 0. The summed E-state index contributed by atoms with van der Waals surface area (Å²) in [4.78, 5) is 0. The molecule has 0 fully saturated rings. The van der Waals surface area contributed by atoms with Gasteiger partial charge in [-0.05, 0) is 5.57 Å². The Labute approximate surface area is 122 Å². The lowest BCUT2D eigenvalue weighted by Crippen LogP contribution is -1.61. The molecule has 0 unspecified atom stereocenters. The van der Waals surface area contributed by atoms with Gasteiger partial charge in [0.25, 0.3) is 0 Å². The predicted molar refractivity (Wildman–Crippen MR) is 91.4 cm³/mol. The Hall–Kier alpha value is -2.60. The fraction of sp³-hybridized carbons (Fsp3) is 0. The molecule has 1 aliphatic rings. The Kier molecular flexibility index (Phi) is 8.88. The third kappa shape index (κ3) is 8.48. The summed E-state index contributed by atoms with van der Waals surface area (Å²) < 4.78 is 0. The molecule has 0 aromatic heterocycles. The van der Waals surface area contributed by atoms with Crippen molar-refractivity contribution >= 4 is 0 Å². The number of rotatable bonds is 7. The van der Waals surface area contributed by atoms with E-state index < -0.39 is 0 Å². The molecular formula is C20H20. The van der Waals surface area contributed by atoms with Crippen LogP contribution in [0.25, 0.3) is 0 Å². The second kappa shape index (κ2) is 11.5.